The number of para-hydroxylation sites is 1. The first-order valence-corrected chi connectivity index (χ1v) is 8.75. The van der Waals surface area contributed by atoms with Crippen LogP contribution in [0.3, 0.4) is 0 Å². The fourth-order valence-electron chi connectivity index (χ4n) is 2.72. The molecule has 1 amide bonds. The van der Waals surface area contributed by atoms with Gasteiger partial charge in [-0.25, -0.2) is 4.98 Å². The van der Waals surface area contributed by atoms with Gasteiger partial charge in [-0.05, 0) is 32.9 Å². The van der Waals surface area contributed by atoms with Gasteiger partial charge in [0.25, 0.3) is 5.91 Å². The highest BCUT2D eigenvalue weighted by Crippen LogP contribution is 2.22. The molecule has 0 bridgehead atoms. The van der Waals surface area contributed by atoms with Gasteiger partial charge in [0.1, 0.15) is 5.69 Å². The fraction of sp³-hybridized carbons (Fsp3) is 0.316. The molecular weight excluding hydrogens is 336 g/mol. The number of carbonyl (C=O) groups is 1. The summed E-state index contributed by atoms with van der Waals surface area (Å²) in [5.41, 5.74) is 2.05. The largest absolute Gasteiger partial charge is 0.330 e. The zero-order valence-corrected chi connectivity index (χ0v) is 15.4. The van der Waals surface area contributed by atoms with Gasteiger partial charge in [-0.2, -0.15) is 5.10 Å². The van der Waals surface area contributed by atoms with Crippen molar-refractivity contribution in [3.05, 3.63) is 59.0 Å². The average molecular weight is 357 g/mol. The molecular formula is C19H21ClN4O. The lowest BCUT2D eigenvalue weighted by Gasteiger charge is -2.26. The third-order valence-electron chi connectivity index (χ3n) is 4.14. The Morgan fingerprint density at radius 3 is 2.76 bits per heavy atom. The zero-order valence-electron chi connectivity index (χ0n) is 14.6. The van der Waals surface area contributed by atoms with Gasteiger partial charge in [0, 0.05) is 36.3 Å². The number of pyridine rings is 1. The molecule has 0 saturated carbocycles. The molecule has 0 unspecified atom stereocenters. The summed E-state index contributed by atoms with van der Waals surface area (Å²) >= 11 is 6.23. The summed E-state index contributed by atoms with van der Waals surface area (Å²) in [5, 5.41) is 5.75. The maximum atomic E-state index is 13.0. The van der Waals surface area contributed by atoms with E-state index in [2.05, 4.69) is 10.1 Å². The summed E-state index contributed by atoms with van der Waals surface area (Å²) in [6, 6.07) is 9.27. The normalized spacial score (nSPS) is 11.2. The maximum absolute atomic E-state index is 13.0. The van der Waals surface area contributed by atoms with Gasteiger partial charge in [0.2, 0.25) is 0 Å². The van der Waals surface area contributed by atoms with Crippen molar-refractivity contribution in [2.75, 3.05) is 0 Å². The molecule has 0 radical (unpaired) electrons. The van der Waals surface area contributed by atoms with Crippen LogP contribution in [0.15, 0.2) is 42.7 Å². The lowest BCUT2D eigenvalue weighted by molar-refractivity contribution is 0.0684. The number of hydrogen-bond donors (Lipinski definition) is 0. The Morgan fingerprint density at radius 1 is 1.28 bits per heavy atom. The molecule has 2 heterocycles. The van der Waals surface area contributed by atoms with Crippen LogP contribution in [0.2, 0.25) is 5.02 Å². The van der Waals surface area contributed by atoms with Gasteiger partial charge in [-0.3, -0.25) is 9.48 Å². The number of rotatable bonds is 5. The van der Waals surface area contributed by atoms with Crippen LogP contribution in [-0.2, 0) is 13.1 Å². The monoisotopic (exact) mass is 356 g/mol. The van der Waals surface area contributed by atoms with E-state index in [-0.39, 0.29) is 11.9 Å². The van der Waals surface area contributed by atoms with Crippen LogP contribution in [0, 0.1) is 0 Å². The highest BCUT2D eigenvalue weighted by Gasteiger charge is 2.21. The van der Waals surface area contributed by atoms with E-state index in [4.69, 9.17) is 11.6 Å². The van der Waals surface area contributed by atoms with E-state index in [9.17, 15) is 4.79 Å². The molecule has 0 aliphatic rings. The molecule has 0 aliphatic heterocycles. The van der Waals surface area contributed by atoms with Crippen molar-refractivity contribution < 1.29 is 4.79 Å². The molecule has 0 atom stereocenters. The van der Waals surface area contributed by atoms with Crippen molar-refractivity contribution in [3.63, 3.8) is 0 Å². The van der Waals surface area contributed by atoms with Crippen molar-refractivity contribution >= 4 is 28.4 Å². The minimum Gasteiger partial charge on any atom is -0.330 e. The average Bonchev–Trinajstić information content (AvgIpc) is 3.07. The number of aromatic nitrogens is 3. The molecule has 6 heteroatoms. The topological polar surface area (TPSA) is 51.0 Å². The van der Waals surface area contributed by atoms with Gasteiger partial charge in [-0.15, -0.1) is 0 Å². The van der Waals surface area contributed by atoms with Crippen LogP contribution in [0.5, 0.6) is 0 Å². The maximum Gasteiger partial charge on any atom is 0.273 e. The second-order valence-corrected chi connectivity index (χ2v) is 6.65. The first-order chi connectivity index (χ1) is 12.0. The molecule has 5 nitrogen and oxygen atoms in total. The van der Waals surface area contributed by atoms with Crippen LogP contribution in [0.1, 0.15) is 36.8 Å². The lowest BCUT2D eigenvalue weighted by Crippen LogP contribution is -2.36. The number of benzene rings is 1. The molecule has 0 N–H and O–H groups in total. The standard InChI is InChI=1S/C19H21ClN4O/c1-4-23-11-14(10-21-23)12-24(13(2)3)19(25)17-9-8-15-6-5-7-16(20)18(15)22-17/h5-11,13H,4,12H2,1-3H3. The summed E-state index contributed by atoms with van der Waals surface area (Å²) in [7, 11) is 0. The number of halogens is 1. The molecule has 0 aliphatic carbocycles. The Balaban J connectivity index is 1.91. The number of nitrogens with zero attached hydrogens (tertiary/aromatic N) is 4. The minimum atomic E-state index is -0.110. The summed E-state index contributed by atoms with van der Waals surface area (Å²) < 4.78 is 1.85. The number of carbonyl (C=O) groups excluding carboxylic acids is 1. The van der Waals surface area contributed by atoms with E-state index < -0.39 is 0 Å². The molecule has 3 aromatic rings. The van der Waals surface area contributed by atoms with Gasteiger partial charge >= 0.3 is 0 Å². The molecule has 130 valence electrons. The van der Waals surface area contributed by atoms with Crippen LogP contribution in [0.25, 0.3) is 10.9 Å². The van der Waals surface area contributed by atoms with Gasteiger partial charge < -0.3 is 4.90 Å². The zero-order chi connectivity index (χ0) is 18.0. The minimum absolute atomic E-state index is 0.0428. The number of fused-ring (bicyclic) bond motifs is 1. The second-order valence-electron chi connectivity index (χ2n) is 6.24. The van der Waals surface area contributed by atoms with Crippen LogP contribution < -0.4 is 0 Å². The van der Waals surface area contributed by atoms with Gasteiger partial charge in [0.05, 0.1) is 16.7 Å². The van der Waals surface area contributed by atoms with E-state index in [0.29, 0.717) is 22.8 Å². The predicted molar refractivity (Wildman–Crippen MR) is 99.7 cm³/mol. The van der Waals surface area contributed by atoms with E-state index in [1.54, 1.807) is 23.2 Å². The van der Waals surface area contributed by atoms with Crippen molar-refractivity contribution in [1.29, 1.82) is 0 Å². The number of aryl methyl sites for hydroxylation is 1. The Morgan fingerprint density at radius 2 is 2.08 bits per heavy atom. The van der Waals surface area contributed by atoms with E-state index in [1.807, 2.05) is 49.8 Å². The van der Waals surface area contributed by atoms with E-state index in [0.717, 1.165) is 17.5 Å². The van der Waals surface area contributed by atoms with Gasteiger partial charge in [0.15, 0.2) is 0 Å². The molecule has 2 aromatic heterocycles. The first-order valence-electron chi connectivity index (χ1n) is 8.37. The Bertz CT molecular complexity index is 903. The van der Waals surface area contributed by atoms with Crippen LogP contribution in [0.4, 0.5) is 0 Å². The van der Waals surface area contributed by atoms with Crippen molar-refractivity contribution in [2.24, 2.45) is 0 Å². The predicted octanol–water partition coefficient (Wildman–Crippen LogP) is 4.16. The van der Waals surface area contributed by atoms with E-state index in [1.165, 1.54) is 0 Å². The third kappa shape index (κ3) is 3.66. The van der Waals surface area contributed by atoms with Crippen LogP contribution in [-0.4, -0.2) is 31.6 Å². The summed E-state index contributed by atoms with van der Waals surface area (Å²) in [6.07, 6.45) is 3.77. The van der Waals surface area contributed by atoms with E-state index >= 15 is 0 Å². The Hall–Kier alpha value is -2.40. The first kappa shape index (κ1) is 17.4. The Kier molecular flexibility index (Phi) is 5.04. The SMILES string of the molecule is CCn1cc(CN(C(=O)c2ccc3cccc(Cl)c3n2)C(C)C)cn1. The second kappa shape index (κ2) is 7.23. The quantitative estimate of drug-likeness (QED) is 0.689. The van der Waals surface area contributed by atoms with Crippen molar-refractivity contribution in [3.8, 4) is 0 Å². The summed E-state index contributed by atoms with van der Waals surface area (Å²) in [4.78, 5) is 19.3. The molecule has 3 rings (SSSR count). The summed E-state index contributed by atoms with van der Waals surface area (Å²) in [6.45, 7) is 7.33. The molecule has 25 heavy (non-hydrogen) atoms. The molecule has 1 aromatic carbocycles. The van der Waals surface area contributed by atoms with Gasteiger partial charge in [-0.1, -0.05) is 29.8 Å². The van der Waals surface area contributed by atoms with Crippen molar-refractivity contribution in [1.82, 2.24) is 19.7 Å². The third-order valence-corrected chi connectivity index (χ3v) is 4.44. The summed E-state index contributed by atoms with van der Waals surface area (Å²) in [5.74, 6) is -0.110. The molecule has 0 saturated heterocycles. The number of hydrogen-bond acceptors (Lipinski definition) is 3. The molecule has 0 fully saturated rings. The number of amides is 1. The smallest absolute Gasteiger partial charge is 0.273 e. The fourth-order valence-corrected chi connectivity index (χ4v) is 2.95. The van der Waals surface area contributed by atoms with Crippen LogP contribution >= 0.6 is 11.6 Å². The molecule has 0 spiro atoms. The lowest BCUT2D eigenvalue weighted by atomic mass is 10.1. The Labute approximate surface area is 152 Å². The van der Waals surface area contributed by atoms with Crippen molar-refractivity contribution in [2.45, 2.75) is 39.9 Å². The highest BCUT2D eigenvalue weighted by molar-refractivity contribution is 6.35. The highest BCUT2D eigenvalue weighted by atomic mass is 35.5.